The Balaban J connectivity index is 1.55. The fourth-order valence-electron chi connectivity index (χ4n) is 5.32. The van der Waals surface area contributed by atoms with E-state index in [1.54, 1.807) is 6.07 Å². The predicted octanol–water partition coefficient (Wildman–Crippen LogP) is 8.33. The Morgan fingerprint density at radius 1 is 0.919 bits per heavy atom. The first-order valence-corrected chi connectivity index (χ1v) is 12.7. The van der Waals surface area contributed by atoms with Gasteiger partial charge in [-0.05, 0) is 64.9 Å². The van der Waals surface area contributed by atoms with Crippen molar-refractivity contribution in [2.24, 2.45) is 12.5 Å². The molecule has 6 rings (SSSR count). The van der Waals surface area contributed by atoms with E-state index < -0.39 is 0 Å². The standard InChI is InChI=1S/C33H30FN2O/c1-20-16-26(34)30-25-12-13-27(24-11-10-22-8-6-7-9-23(22)18-24)35-32(25)37-31(30)29(20)28-17-21(14-15-36(28)5)19-33(2,3)4/h6-18H,19H2,1-5H3/q+1. The van der Waals surface area contributed by atoms with Crippen molar-refractivity contribution < 1.29 is 13.4 Å². The van der Waals surface area contributed by atoms with Gasteiger partial charge >= 0.3 is 0 Å². The Hall–Kier alpha value is -4.05. The van der Waals surface area contributed by atoms with E-state index >= 15 is 4.39 Å². The molecule has 0 aliphatic rings. The van der Waals surface area contributed by atoms with Gasteiger partial charge in [0, 0.05) is 17.7 Å². The number of fused-ring (bicyclic) bond motifs is 4. The van der Waals surface area contributed by atoms with Crippen molar-refractivity contribution in [3.63, 3.8) is 0 Å². The molecule has 0 unspecified atom stereocenters. The summed E-state index contributed by atoms with van der Waals surface area (Å²) in [4.78, 5) is 4.84. The maximum atomic E-state index is 15.4. The summed E-state index contributed by atoms with van der Waals surface area (Å²) >= 11 is 0. The summed E-state index contributed by atoms with van der Waals surface area (Å²) in [5, 5.41) is 3.50. The summed E-state index contributed by atoms with van der Waals surface area (Å²) in [5.74, 6) is -0.288. The van der Waals surface area contributed by atoms with Crippen LogP contribution in [0.5, 0.6) is 0 Å². The quantitative estimate of drug-likeness (QED) is 0.234. The Labute approximate surface area is 216 Å². The second-order valence-electron chi connectivity index (χ2n) is 11.2. The third-order valence-electron chi connectivity index (χ3n) is 7.01. The number of hydrogen-bond donors (Lipinski definition) is 0. The molecule has 0 aliphatic heterocycles. The van der Waals surface area contributed by atoms with E-state index in [1.165, 1.54) is 10.9 Å². The van der Waals surface area contributed by atoms with Crippen LogP contribution in [0.1, 0.15) is 31.9 Å². The van der Waals surface area contributed by atoms with Gasteiger partial charge in [0.05, 0.1) is 22.0 Å². The normalized spacial score (nSPS) is 12.2. The molecule has 0 saturated carbocycles. The molecular weight excluding hydrogens is 459 g/mol. The van der Waals surface area contributed by atoms with E-state index in [0.29, 0.717) is 22.1 Å². The lowest BCUT2D eigenvalue weighted by Crippen LogP contribution is -2.31. The summed E-state index contributed by atoms with van der Waals surface area (Å²) in [7, 11) is 2.02. The summed E-state index contributed by atoms with van der Waals surface area (Å²) in [6, 6.07) is 24.4. The van der Waals surface area contributed by atoms with Crippen molar-refractivity contribution in [3.8, 4) is 22.5 Å². The minimum Gasteiger partial charge on any atom is -0.437 e. The minimum atomic E-state index is -0.288. The number of aryl methyl sites for hydroxylation is 2. The molecule has 0 radical (unpaired) electrons. The molecule has 3 nitrogen and oxygen atoms in total. The molecule has 6 aromatic rings. The van der Waals surface area contributed by atoms with Gasteiger partial charge in [-0.3, -0.25) is 0 Å². The molecule has 0 fully saturated rings. The summed E-state index contributed by atoms with van der Waals surface area (Å²) < 4.78 is 23.9. The zero-order valence-corrected chi connectivity index (χ0v) is 21.9. The molecule has 0 aliphatic carbocycles. The molecule has 184 valence electrons. The Bertz CT molecular complexity index is 1820. The van der Waals surface area contributed by atoms with E-state index in [0.717, 1.165) is 39.9 Å². The molecule has 0 atom stereocenters. The van der Waals surface area contributed by atoms with Gasteiger partial charge in [0.1, 0.15) is 12.9 Å². The highest BCUT2D eigenvalue weighted by molar-refractivity contribution is 6.09. The second kappa shape index (κ2) is 8.52. The van der Waals surface area contributed by atoms with Crippen molar-refractivity contribution in [2.75, 3.05) is 0 Å². The lowest BCUT2D eigenvalue weighted by Gasteiger charge is -2.18. The molecule has 0 bridgehead atoms. The number of hydrogen-bond acceptors (Lipinski definition) is 2. The van der Waals surface area contributed by atoms with Gasteiger partial charge in [-0.25, -0.2) is 13.9 Å². The van der Waals surface area contributed by atoms with Crippen molar-refractivity contribution in [1.29, 1.82) is 0 Å². The summed E-state index contributed by atoms with van der Waals surface area (Å²) in [6.45, 7) is 8.65. The number of rotatable bonds is 3. The van der Waals surface area contributed by atoms with Crippen LogP contribution in [-0.2, 0) is 13.5 Å². The number of halogens is 1. The smallest absolute Gasteiger partial charge is 0.228 e. The van der Waals surface area contributed by atoms with Crippen molar-refractivity contribution >= 4 is 32.8 Å². The van der Waals surface area contributed by atoms with Crippen LogP contribution in [0.25, 0.3) is 55.4 Å². The van der Waals surface area contributed by atoms with Crippen LogP contribution in [0.15, 0.2) is 83.4 Å². The topological polar surface area (TPSA) is 29.9 Å². The van der Waals surface area contributed by atoms with Crippen LogP contribution < -0.4 is 4.57 Å². The fraction of sp³-hybridized carbons (Fsp3) is 0.212. The SMILES string of the molecule is Cc1cc(F)c2c(oc3nc(-c4ccc5ccccc5c4)ccc32)c1-c1cc(CC(C)(C)C)cc[n+]1C. The number of furan rings is 1. The molecule has 0 N–H and O–H groups in total. The van der Waals surface area contributed by atoms with E-state index in [4.69, 9.17) is 9.40 Å². The Morgan fingerprint density at radius 2 is 1.70 bits per heavy atom. The minimum absolute atomic E-state index is 0.160. The highest BCUT2D eigenvalue weighted by atomic mass is 19.1. The van der Waals surface area contributed by atoms with Gasteiger partial charge in [-0.1, -0.05) is 57.2 Å². The molecule has 3 aromatic heterocycles. The highest BCUT2D eigenvalue weighted by Crippen LogP contribution is 2.39. The van der Waals surface area contributed by atoms with E-state index in [9.17, 15) is 0 Å². The highest BCUT2D eigenvalue weighted by Gasteiger charge is 2.25. The van der Waals surface area contributed by atoms with E-state index in [-0.39, 0.29) is 11.2 Å². The summed E-state index contributed by atoms with van der Waals surface area (Å²) in [6.07, 6.45) is 3.02. The third kappa shape index (κ3) is 4.17. The molecule has 0 spiro atoms. The monoisotopic (exact) mass is 489 g/mol. The molecule has 0 saturated heterocycles. The Morgan fingerprint density at radius 3 is 2.49 bits per heavy atom. The van der Waals surface area contributed by atoms with Crippen LogP contribution in [0.4, 0.5) is 4.39 Å². The maximum absolute atomic E-state index is 15.4. The van der Waals surface area contributed by atoms with Crippen molar-refractivity contribution in [3.05, 3.63) is 95.9 Å². The molecular formula is C33H30FN2O+. The molecule has 3 aromatic carbocycles. The average molecular weight is 490 g/mol. The van der Waals surface area contributed by atoms with Gasteiger partial charge in [0.2, 0.25) is 11.4 Å². The van der Waals surface area contributed by atoms with Gasteiger partial charge in [0.15, 0.2) is 11.8 Å². The van der Waals surface area contributed by atoms with Crippen LogP contribution >= 0.6 is 0 Å². The summed E-state index contributed by atoms with van der Waals surface area (Å²) in [5.41, 5.74) is 6.92. The van der Waals surface area contributed by atoms with Crippen LogP contribution in [0.2, 0.25) is 0 Å². The molecule has 37 heavy (non-hydrogen) atoms. The van der Waals surface area contributed by atoms with Crippen LogP contribution in [0.3, 0.4) is 0 Å². The van der Waals surface area contributed by atoms with Gasteiger partial charge in [0.25, 0.3) is 0 Å². The van der Waals surface area contributed by atoms with Crippen LogP contribution in [-0.4, -0.2) is 4.98 Å². The molecule has 0 amide bonds. The van der Waals surface area contributed by atoms with Gasteiger partial charge < -0.3 is 4.42 Å². The zero-order chi connectivity index (χ0) is 25.9. The first-order chi connectivity index (χ1) is 17.7. The molecule has 3 heterocycles. The second-order valence-corrected chi connectivity index (χ2v) is 11.2. The van der Waals surface area contributed by atoms with E-state index in [1.807, 2.05) is 38.2 Å². The number of aromatic nitrogens is 2. The van der Waals surface area contributed by atoms with Gasteiger partial charge in [-0.2, -0.15) is 0 Å². The first kappa shape index (κ1) is 23.4. The average Bonchev–Trinajstić information content (AvgIpc) is 3.23. The van der Waals surface area contributed by atoms with Gasteiger partial charge in [-0.15, -0.1) is 0 Å². The third-order valence-corrected chi connectivity index (χ3v) is 7.01. The number of benzene rings is 3. The largest absolute Gasteiger partial charge is 0.437 e. The number of pyridine rings is 2. The lowest BCUT2D eigenvalue weighted by molar-refractivity contribution is -0.660. The fourth-order valence-corrected chi connectivity index (χ4v) is 5.32. The van der Waals surface area contributed by atoms with Crippen molar-refractivity contribution in [1.82, 2.24) is 4.98 Å². The van der Waals surface area contributed by atoms with E-state index in [2.05, 4.69) is 74.0 Å². The van der Waals surface area contributed by atoms with Crippen LogP contribution in [0, 0.1) is 18.2 Å². The predicted molar refractivity (Wildman–Crippen MR) is 149 cm³/mol. The molecule has 4 heteroatoms. The van der Waals surface area contributed by atoms with Crippen molar-refractivity contribution in [2.45, 2.75) is 34.1 Å². The number of nitrogens with zero attached hydrogens (tertiary/aromatic N) is 2. The Kier molecular flexibility index (Phi) is 5.38. The maximum Gasteiger partial charge on any atom is 0.228 e. The lowest BCUT2D eigenvalue weighted by atomic mass is 9.87. The zero-order valence-electron chi connectivity index (χ0n) is 21.9. The first-order valence-electron chi connectivity index (χ1n) is 12.7.